The van der Waals surface area contributed by atoms with E-state index >= 15 is 0 Å². The first-order valence-electron chi connectivity index (χ1n) is 9.44. The fourth-order valence-electron chi connectivity index (χ4n) is 2.71. The zero-order valence-electron chi connectivity index (χ0n) is 17.1. The minimum Gasteiger partial charge on any atom is -0.490 e. The van der Waals surface area contributed by atoms with Crippen molar-refractivity contribution in [3.05, 3.63) is 54.1 Å². The van der Waals surface area contributed by atoms with Crippen LogP contribution in [0.2, 0.25) is 0 Å². The molecule has 0 aliphatic heterocycles. The summed E-state index contributed by atoms with van der Waals surface area (Å²) in [4.78, 5) is 0. The second kappa shape index (κ2) is 13.8. The van der Waals surface area contributed by atoms with Crippen LogP contribution in [0, 0.1) is 0 Å². The summed E-state index contributed by atoms with van der Waals surface area (Å²) >= 11 is 0. The molecule has 0 radical (unpaired) electrons. The van der Waals surface area contributed by atoms with Gasteiger partial charge in [-0.3, -0.25) is 0 Å². The third-order valence-corrected chi connectivity index (χ3v) is 4.06. The van der Waals surface area contributed by atoms with Crippen molar-refractivity contribution in [1.82, 2.24) is 30.8 Å². The Morgan fingerprint density at radius 3 is 2.53 bits per heavy atom. The average molecular weight is 455 g/mol. The van der Waals surface area contributed by atoms with E-state index in [0.717, 1.165) is 37.3 Å². The van der Waals surface area contributed by atoms with E-state index in [-0.39, 0.29) is 30.8 Å². The molecule has 1 aromatic heterocycles. The van der Waals surface area contributed by atoms with Crippen molar-refractivity contribution in [2.45, 2.75) is 19.9 Å². The summed E-state index contributed by atoms with van der Waals surface area (Å²) in [7, 11) is 1.96. The van der Waals surface area contributed by atoms with Gasteiger partial charge in [0.1, 0.15) is 0 Å². The normalized spacial score (nSPS) is 10.1. The molecule has 3 rings (SSSR count). The lowest BCUT2D eigenvalue weighted by Gasteiger charge is -2.13. The van der Waals surface area contributed by atoms with E-state index in [0.29, 0.717) is 18.1 Å². The highest BCUT2D eigenvalue weighted by Gasteiger charge is 2.14. The molecule has 2 aromatic carbocycles. The van der Waals surface area contributed by atoms with Crippen LogP contribution in [0.15, 0.2) is 48.5 Å². The molecule has 164 valence electrons. The lowest BCUT2D eigenvalue weighted by Crippen LogP contribution is -2.19. The molecular formula is C20H28Cl2N6O2. The number of nitrogens with zero attached hydrogens (tertiary/aromatic N) is 4. The third-order valence-electron chi connectivity index (χ3n) is 4.06. The molecule has 0 saturated heterocycles. The first-order chi connectivity index (χ1) is 13.8. The summed E-state index contributed by atoms with van der Waals surface area (Å²) in [6.45, 7) is 5.21. The number of tetrazole rings is 1. The van der Waals surface area contributed by atoms with Crippen LogP contribution in [-0.4, -0.2) is 47.0 Å². The van der Waals surface area contributed by atoms with Crippen LogP contribution >= 0.6 is 24.8 Å². The van der Waals surface area contributed by atoms with Gasteiger partial charge in [0, 0.05) is 6.54 Å². The van der Waals surface area contributed by atoms with Gasteiger partial charge >= 0.3 is 6.01 Å². The van der Waals surface area contributed by atoms with Crippen molar-refractivity contribution in [1.29, 1.82) is 0 Å². The van der Waals surface area contributed by atoms with Crippen molar-refractivity contribution < 1.29 is 9.47 Å². The van der Waals surface area contributed by atoms with E-state index < -0.39 is 0 Å². The Balaban J connectivity index is 0.00000225. The van der Waals surface area contributed by atoms with E-state index in [2.05, 4.69) is 26.2 Å². The van der Waals surface area contributed by atoms with E-state index in [1.165, 1.54) is 0 Å². The van der Waals surface area contributed by atoms with E-state index in [1.54, 1.807) is 4.68 Å². The molecule has 8 nitrogen and oxygen atoms in total. The second-order valence-electron chi connectivity index (χ2n) is 6.16. The standard InChI is InChI=1S/C20H26N6O2.2ClH/c1-3-27-19-14-16(15-22-13-7-12-21-2)10-11-18(19)28-20-23-24-25-26(20)17-8-5-4-6-9-17;;/h4-6,8-11,14,21-22H,3,7,12-13,15H2,1-2H3;2*1H. The van der Waals surface area contributed by atoms with E-state index in [9.17, 15) is 0 Å². The van der Waals surface area contributed by atoms with Crippen LogP contribution in [0.25, 0.3) is 5.69 Å². The number of benzene rings is 2. The smallest absolute Gasteiger partial charge is 0.346 e. The van der Waals surface area contributed by atoms with Gasteiger partial charge in [-0.05, 0) is 73.7 Å². The minimum atomic E-state index is 0. The van der Waals surface area contributed by atoms with Crippen LogP contribution in [0.3, 0.4) is 0 Å². The van der Waals surface area contributed by atoms with E-state index in [4.69, 9.17) is 9.47 Å². The molecule has 0 aliphatic rings. The third kappa shape index (κ3) is 7.14. The Morgan fingerprint density at radius 2 is 1.80 bits per heavy atom. The van der Waals surface area contributed by atoms with Crippen LogP contribution < -0.4 is 20.1 Å². The van der Waals surface area contributed by atoms with Crippen LogP contribution in [0.4, 0.5) is 0 Å². The zero-order chi connectivity index (χ0) is 19.6. The maximum absolute atomic E-state index is 5.97. The number of hydrogen-bond acceptors (Lipinski definition) is 7. The molecule has 30 heavy (non-hydrogen) atoms. The summed E-state index contributed by atoms with van der Waals surface area (Å²) in [5.41, 5.74) is 1.95. The van der Waals surface area contributed by atoms with Gasteiger partial charge in [-0.25, -0.2) is 0 Å². The Morgan fingerprint density at radius 1 is 1.00 bits per heavy atom. The topological polar surface area (TPSA) is 86.1 Å². The molecule has 0 fully saturated rings. The second-order valence-corrected chi connectivity index (χ2v) is 6.16. The van der Waals surface area contributed by atoms with Gasteiger partial charge in [-0.2, -0.15) is 4.68 Å². The maximum Gasteiger partial charge on any atom is 0.346 e. The Hall–Kier alpha value is -2.39. The molecule has 0 unspecified atom stereocenters. The van der Waals surface area contributed by atoms with Gasteiger partial charge in [0.2, 0.25) is 0 Å². The highest BCUT2D eigenvalue weighted by atomic mass is 35.5. The maximum atomic E-state index is 5.97. The molecule has 10 heteroatoms. The molecule has 0 atom stereocenters. The Labute approximate surface area is 189 Å². The molecule has 2 N–H and O–H groups in total. The van der Waals surface area contributed by atoms with Gasteiger partial charge < -0.3 is 20.1 Å². The number of halogens is 2. The first-order valence-corrected chi connectivity index (χ1v) is 9.44. The van der Waals surface area contributed by atoms with Gasteiger partial charge in [-0.15, -0.1) is 24.8 Å². The van der Waals surface area contributed by atoms with Crippen molar-refractivity contribution >= 4 is 24.8 Å². The number of hydrogen-bond donors (Lipinski definition) is 2. The summed E-state index contributed by atoms with van der Waals surface area (Å²) in [6.07, 6.45) is 1.08. The number of aromatic nitrogens is 4. The highest BCUT2D eigenvalue weighted by Crippen LogP contribution is 2.32. The summed E-state index contributed by atoms with van der Waals surface area (Å²) in [5, 5.41) is 18.3. The molecule has 0 bridgehead atoms. The lowest BCUT2D eigenvalue weighted by molar-refractivity contribution is 0.315. The Bertz CT molecular complexity index is 864. The van der Waals surface area contributed by atoms with Crippen molar-refractivity contribution in [3.8, 4) is 23.2 Å². The number of para-hydroxylation sites is 1. The molecule has 0 aliphatic carbocycles. The number of nitrogens with one attached hydrogen (secondary N) is 2. The molecule has 1 heterocycles. The summed E-state index contributed by atoms with van der Waals surface area (Å²) < 4.78 is 13.3. The molecule has 0 spiro atoms. The summed E-state index contributed by atoms with van der Waals surface area (Å²) in [6, 6.07) is 15.8. The molecule has 0 saturated carbocycles. The van der Waals surface area contributed by atoms with Crippen molar-refractivity contribution in [2.24, 2.45) is 0 Å². The van der Waals surface area contributed by atoms with Crippen LogP contribution in [-0.2, 0) is 6.54 Å². The first kappa shape index (κ1) is 25.6. The molecule has 0 amide bonds. The number of ether oxygens (including phenoxy) is 2. The fourth-order valence-corrected chi connectivity index (χ4v) is 2.71. The SMILES string of the molecule is CCOc1cc(CNCCCNC)ccc1Oc1nnnn1-c1ccccc1.Cl.Cl. The zero-order valence-corrected chi connectivity index (χ0v) is 18.7. The Kier molecular flexibility index (Phi) is 11.8. The van der Waals surface area contributed by atoms with Gasteiger partial charge in [0.15, 0.2) is 11.5 Å². The van der Waals surface area contributed by atoms with Crippen LogP contribution in [0.1, 0.15) is 18.9 Å². The number of rotatable bonds is 11. The van der Waals surface area contributed by atoms with E-state index in [1.807, 2.05) is 62.5 Å². The molecule has 3 aromatic rings. The van der Waals surface area contributed by atoms with Gasteiger partial charge in [-0.1, -0.05) is 29.4 Å². The van der Waals surface area contributed by atoms with Crippen molar-refractivity contribution in [2.75, 3.05) is 26.7 Å². The van der Waals surface area contributed by atoms with Gasteiger partial charge in [0.05, 0.1) is 12.3 Å². The lowest BCUT2D eigenvalue weighted by atomic mass is 10.2. The molecular weight excluding hydrogens is 427 g/mol. The van der Waals surface area contributed by atoms with Crippen LogP contribution in [0.5, 0.6) is 17.5 Å². The predicted molar refractivity (Wildman–Crippen MR) is 122 cm³/mol. The van der Waals surface area contributed by atoms with Crippen molar-refractivity contribution in [3.63, 3.8) is 0 Å². The monoisotopic (exact) mass is 454 g/mol. The summed E-state index contributed by atoms with van der Waals surface area (Å²) in [5.74, 6) is 1.24. The minimum absolute atomic E-state index is 0. The predicted octanol–water partition coefficient (Wildman–Crippen LogP) is 3.40. The quantitative estimate of drug-likeness (QED) is 0.429. The fraction of sp³-hybridized carbons (Fsp3) is 0.350. The highest BCUT2D eigenvalue weighted by molar-refractivity contribution is 5.85. The van der Waals surface area contributed by atoms with Gasteiger partial charge in [0.25, 0.3) is 0 Å². The largest absolute Gasteiger partial charge is 0.490 e. The average Bonchev–Trinajstić information content (AvgIpc) is 3.19.